The van der Waals surface area contributed by atoms with Gasteiger partial charge in [-0.25, -0.2) is 0 Å². The van der Waals surface area contributed by atoms with E-state index in [0.717, 1.165) is 19.4 Å². The minimum atomic E-state index is 0.960. The molecule has 1 N–H and O–H groups in total. The van der Waals surface area contributed by atoms with Crippen LogP contribution in [0.3, 0.4) is 0 Å². The van der Waals surface area contributed by atoms with Crippen molar-refractivity contribution in [2.75, 3.05) is 11.9 Å². The van der Waals surface area contributed by atoms with Gasteiger partial charge in [-0.15, -0.1) is 0 Å². The van der Waals surface area contributed by atoms with E-state index in [2.05, 4.69) is 37.4 Å². The van der Waals surface area contributed by atoms with E-state index >= 15 is 0 Å². The Balaban J connectivity index is 2.21. The van der Waals surface area contributed by atoms with Gasteiger partial charge < -0.3 is 5.32 Å². The lowest BCUT2D eigenvalue weighted by molar-refractivity contribution is 0.688. The summed E-state index contributed by atoms with van der Waals surface area (Å²) in [6, 6.07) is 6.82. The fourth-order valence-electron chi connectivity index (χ4n) is 3.29. The third-order valence-corrected chi connectivity index (χ3v) is 4.23. The largest absolute Gasteiger partial charge is 0.385 e. The van der Waals surface area contributed by atoms with Gasteiger partial charge >= 0.3 is 0 Å². The van der Waals surface area contributed by atoms with Gasteiger partial charge in [0.1, 0.15) is 0 Å². The molecule has 2 nitrogen and oxygen atoms in total. The summed E-state index contributed by atoms with van der Waals surface area (Å²) in [7, 11) is 0. The highest BCUT2D eigenvalue weighted by molar-refractivity contribution is 5.94. The number of anilines is 1. The van der Waals surface area contributed by atoms with Crippen molar-refractivity contribution in [3.8, 4) is 0 Å². The van der Waals surface area contributed by atoms with Crippen molar-refractivity contribution in [1.82, 2.24) is 4.98 Å². The molecule has 20 heavy (non-hydrogen) atoms. The second-order valence-electron chi connectivity index (χ2n) is 5.75. The van der Waals surface area contributed by atoms with Crippen molar-refractivity contribution >= 4 is 16.6 Å². The fourth-order valence-corrected chi connectivity index (χ4v) is 3.29. The molecule has 106 valence electrons. The fraction of sp³-hybridized carbons (Fsp3) is 0.500. The van der Waals surface area contributed by atoms with E-state index in [-0.39, 0.29) is 0 Å². The first-order valence-electron chi connectivity index (χ1n) is 8.01. The summed E-state index contributed by atoms with van der Waals surface area (Å²) in [5.41, 5.74) is 6.77. The van der Waals surface area contributed by atoms with Crippen molar-refractivity contribution in [2.45, 2.75) is 52.4 Å². The van der Waals surface area contributed by atoms with Crippen molar-refractivity contribution in [2.24, 2.45) is 0 Å². The van der Waals surface area contributed by atoms with E-state index in [4.69, 9.17) is 4.98 Å². The van der Waals surface area contributed by atoms with Crippen LogP contribution in [-0.2, 0) is 19.3 Å². The summed E-state index contributed by atoms with van der Waals surface area (Å²) in [5.74, 6) is 0. The van der Waals surface area contributed by atoms with Crippen LogP contribution in [0.25, 0.3) is 10.9 Å². The van der Waals surface area contributed by atoms with Crippen LogP contribution in [-0.4, -0.2) is 11.5 Å². The predicted octanol–water partition coefficient (Wildman–Crippen LogP) is 4.50. The molecule has 2 aromatic rings. The Kier molecular flexibility index (Phi) is 3.90. The zero-order chi connectivity index (χ0) is 13.9. The molecule has 0 radical (unpaired) electrons. The predicted molar refractivity (Wildman–Crippen MR) is 86.5 cm³/mol. The number of rotatable bonds is 4. The van der Waals surface area contributed by atoms with Gasteiger partial charge in [0.05, 0.1) is 5.52 Å². The molecule has 1 aromatic carbocycles. The molecule has 0 fully saturated rings. The number of benzene rings is 1. The quantitative estimate of drug-likeness (QED) is 0.883. The van der Waals surface area contributed by atoms with E-state index in [1.807, 2.05) is 0 Å². The maximum absolute atomic E-state index is 4.98. The molecule has 0 bridgehead atoms. The molecule has 1 aliphatic rings. The van der Waals surface area contributed by atoms with Gasteiger partial charge in [-0.1, -0.05) is 25.5 Å². The maximum atomic E-state index is 4.98. The van der Waals surface area contributed by atoms with E-state index < -0.39 is 0 Å². The molecule has 0 amide bonds. The smallest absolute Gasteiger partial charge is 0.0760 e. The normalized spacial score (nSPS) is 14.3. The van der Waals surface area contributed by atoms with Crippen molar-refractivity contribution in [1.29, 1.82) is 0 Å². The Morgan fingerprint density at radius 3 is 2.80 bits per heavy atom. The van der Waals surface area contributed by atoms with Gasteiger partial charge in [0.15, 0.2) is 0 Å². The second-order valence-corrected chi connectivity index (χ2v) is 5.75. The third kappa shape index (κ3) is 2.39. The van der Waals surface area contributed by atoms with Crippen LogP contribution in [0.4, 0.5) is 5.69 Å². The molecule has 1 aliphatic carbocycles. The molecule has 0 atom stereocenters. The molecule has 3 rings (SSSR count). The van der Waals surface area contributed by atoms with Crippen LogP contribution in [0.5, 0.6) is 0 Å². The number of nitrogens with zero attached hydrogens (tertiary/aromatic N) is 1. The van der Waals surface area contributed by atoms with Crippen LogP contribution in [0, 0.1) is 0 Å². The zero-order valence-electron chi connectivity index (χ0n) is 12.6. The Morgan fingerprint density at radius 1 is 1.15 bits per heavy atom. The van der Waals surface area contributed by atoms with Crippen molar-refractivity contribution < 1.29 is 0 Å². The third-order valence-electron chi connectivity index (χ3n) is 4.23. The number of hydrogen-bond acceptors (Lipinski definition) is 2. The van der Waals surface area contributed by atoms with Crippen molar-refractivity contribution in [3.63, 3.8) is 0 Å². The summed E-state index contributed by atoms with van der Waals surface area (Å²) in [6.45, 7) is 5.34. The van der Waals surface area contributed by atoms with Crippen LogP contribution < -0.4 is 5.32 Å². The van der Waals surface area contributed by atoms with Gasteiger partial charge in [0.25, 0.3) is 0 Å². The molecule has 1 aromatic heterocycles. The average molecular weight is 268 g/mol. The average Bonchev–Trinajstić information content (AvgIpc) is 2.48. The minimum absolute atomic E-state index is 0.960. The number of aromatic nitrogens is 1. The molecular weight excluding hydrogens is 244 g/mol. The second kappa shape index (κ2) is 5.82. The lowest BCUT2D eigenvalue weighted by Gasteiger charge is -2.19. The highest BCUT2D eigenvalue weighted by Gasteiger charge is 2.15. The summed E-state index contributed by atoms with van der Waals surface area (Å²) >= 11 is 0. The van der Waals surface area contributed by atoms with Crippen LogP contribution in [0.1, 0.15) is 49.9 Å². The number of aryl methyl sites for hydroxylation is 3. The van der Waals surface area contributed by atoms with E-state index in [1.54, 1.807) is 0 Å². The molecule has 1 heterocycles. The topological polar surface area (TPSA) is 24.9 Å². The SMILES string of the molecule is CCCc1cc(NCC)c2ccc3c(c2n1)CCCC3. The van der Waals surface area contributed by atoms with E-state index in [1.165, 1.54) is 59.1 Å². The number of hydrogen-bond donors (Lipinski definition) is 1. The summed E-state index contributed by atoms with van der Waals surface area (Å²) in [4.78, 5) is 4.98. The molecule has 0 saturated heterocycles. The highest BCUT2D eigenvalue weighted by atomic mass is 14.9. The molecule has 0 spiro atoms. The Bertz CT molecular complexity index is 616. The van der Waals surface area contributed by atoms with E-state index in [0.29, 0.717) is 0 Å². The zero-order valence-corrected chi connectivity index (χ0v) is 12.6. The Hall–Kier alpha value is -1.57. The van der Waals surface area contributed by atoms with Gasteiger partial charge in [-0.05, 0) is 56.2 Å². The van der Waals surface area contributed by atoms with Crippen LogP contribution >= 0.6 is 0 Å². The first-order chi connectivity index (χ1) is 9.83. The van der Waals surface area contributed by atoms with Crippen LogP contribution in [0.15, 0.2) is 18.2 Å². The molecule has 0 aliphatic heterocycles. The molecule has 2 heteroatoms. The number of fused-ring (bicyclic) bond motifs is 3. The molecule has 0 saturated carbocycles. The monoisotopic (exact) mass is 268 g/mol. The van der Waals surface area contributed by atoms with Gasteiger partial charge in [-0.2, -0.15) is 0 Å². The van der Waals surface area contributed by atoms with Crippen LogP contribution in [0.2, 0.25) is 0 Å². The number of nitrogens with one attached hydrogen (secondary N) is 1. The lowest BCUT2D eigenvalue weighted by Crippen LogP contribution is -2.07. The van der Waals surface area contributed by atoms with E-state index in [9.17, 15) is 0 Å². The minimum Gasteiger partial charge on any atom is -0.385 e. The Morgan fingerprint density at radius 2 is 2.00 bits per heavy atom. The maximum Gasteiger partial charge on any atom is 0.0760 e. The highest BCUT2D eigenvalue weighted by Crippen LogP contribution is 2.32. The summed E-state index contributed by atoms with van der Waals surface area (Å²) in [6.07, 6.45) is 7.27. The van der Waals surface area contributed by atoms with Gasteiger partial charge in [0, 0.05) is 23.3 Å². The lowest BCUT2D eigenvalue weighted by atomic mass is 9.89. The first kappa shape index (κ1) is 13.4. The summed E-state index contributed by atoms with van der Waals surface area (Å²) < 4.78 is 0. The first-order valence-corrected chi connectivity index (χ1v) is 8.01. The van der Waals surface area contributed by atoms with Gasteiger partial charge in [-0.3, -0.25) is 4.98 Å². The Labute approximate surface area is 121 Å². The number of pyridine rings is 1. The molecule has 0 unspecified atom stereocenters. The van der Waals surface area contributed by atoms with Crippen molar-refractivity contribution in [3.05, 3.63) is 35.0 Å². The molecular formula is C18H24N2. The standard InChI is InChI=1S/C18H24N2/c1-3-7-14-12-17(19-4-2)16-11-10-13-8-5-6-9-15(13)18(16)20-14/h10-12H,3-9H2,1-2H3,(H,19,20). The van der Waals surface area contributed by atoms with Gasteiger partial charge in [0.2, 0.25) is 0 Å². The summed E-state index contributed by atoms with van der Waals surface area (Å²) in [5, 5.41) is 4.81.